The monoisotopic (exact) mass is 472 g/mol. The normalized spacial score (nSPS) is 20.9. The number of fused-ring (bicyclic) bond motifs is 1. The van der Waals surface area contributed by atoms with Gasteiger partial charge in [0.1, 0.15) is 5.82 Å². The summed E-state index contributed by atoms with van der Waals surface area (Å²) in [4.78, 5) is 0. The maximum atomic E-state index is 6.74. The number of nitrogens with one attached hydrogen (secondary N) is 1. The Kier molecular flexibility index (Phi) is 5.29. The van der Waals surface area contributed by atoms with E-state index in [4.69, 9.17) is 32.7 Å². The average Bonchev–Trinajstić information content (AvgIpc) is 3.34. The van der Waals surface area contributed by atoms with Crippen molar-refractivity contribution in [3.8, 4) is 11.1 Å². The van der Waals surface area contributed by atoms with Crippen LogP contribution in [0.4, 0.5) is 5.69 Å². The summed E-state index contributed by atoms with van der Waals surface area (Å²) >= 11 is 13.4. The largest absolute Gasteiger partial charge is 0.381 e. The number of hydrogen-bond donors (Lipinski definition) is 1. The highest BCUT2D eigenvalue weighted by molar-refractivity contribution is 6.36. The van der Waals surface area contributed by atoms with Crippen molar-refractivity contribution in [2.75, 3.05) is 18.5 Å². The molecule has 1 aliphatic heterocycles. The highest BCUT2D eigenvalue weighted by Crippen LogP contribution is 2.39. The van der Waals surface area contributed by atoms with E-state index in [9.17, 15) is 0 Å². The van der Waals surface area contributed by atoms with Gasteiger partial charge in [0.05, 0.1) is 28.9 Å². The third-order valence-electron chi connectivity index (χ3n) is 6.96. The fourth-order valence-corrected chi connectivity index (χ4v) is 5.46. The summed E-state index contributed by atoms with van der Waals surface area (Å²) < 4.78 is 13.7. The number of benzene rings is 1. The molecule has 3 aromatic rings. The van der Waals surface area contributed by atoms with Crippen molar-refractivity contribution < 1.29 is 9.47 Å². The Balaban J connectivity index is 1.19. The van der Waals surface area contributed by atoms with Crippen molar-refractivity contribution in [2.24, 2.45) is 5.92 Å². The Hall–Kier alpha value is -1.86. The summed E-state index contributed by atoms with van der Waals surface area (Å²) in [6.07, 6.45) is 9.36. The van der Waals surface area contributed by atoms with E-state index in [0.29, 0.717) is 34.9 Å². The summed E-state index contributed by atoms with van der Waals surface area (Å²) in [5.41, 5.74) is 3.52. The van der Waals surface area contributed by atoms with Crippen molar-refractivity contribution in [1.82, 2.24) is 14.6 Å². The van der Waals surface area contributed by atoms with Crippen LogP contribution >= 0.6 is 23.2 Å². The molecule has 6 rings (SSSR count). The van der Waals surface area contributed by atoms with E-state index >= 15 is 0 Å². The number of anilines is 1. The molecule has 0 atom stereocenters. The van der Waals surface area contributed by atoms with Gasteiger partial charge in [0.15, 0.2) is 11.4 Å². The molecule has 0 radical (unpaired) electrons. The van der Waals surface area contributed by atoms with Crippen LogP contribution in [0.15, 0.2) is 30.5 Å². The SMILES string of the molecule is Clc1cc(-c2ccn3c(CC4CC4)nnc3c2Cl)ccc1NC1CCC2(CC1)OCCO2. The van der Waals surface area contributed by atoms with Crippen LogP contribution in [0.5, 0.6) is 0 Å². The van der Waals surface area contributed by atoms with Gasteiger partial charge >= 0.3 is 0 Å². The molecular formula is C24H26Cl2N4O2. The van der Waals surface area contributed by atoms with E-state index in [2.05, 4.69) is 21.6 Å². The van der Waals surface area contributed by atoms with Crippen molar-refractivity contribution in [2.45, 2.75) is 56.8 Å². The molecule has 6 nitrogen and oxygen atoms in total. The lowest BCUT2D eigenvalue weighted by Gasteiger charge is -2.36. The number of hydrogen-bond acceptors (Lipinski definition) is 5. The Labute approximate surface area is 197 Å². The first-order valence-electron chi connectivity index (χ1n) is 11.5. The van der Waals surface area contributed by atoms with Gasteiger partial charge in [0.2, 0.25) is 0 Å². The molecule has 3 aliphatic rings. The quantitative estimate of drug-likeness (QED) is 0.511. The van der Waals surface area contributed by atoms with Gasteiger partial charge in [-0.15, -0.1) is 10.2 Å². The molecule has 2 saturated carbocycles. The topological polar surface area (TPSA) is 60.7 Å². The number of rotatable bonds is 5. The molecule has 8 heteroatoms. The first-order valence-corrected chi connectivity index (χ1v) is 12.2. The molecule has 3 fully saturated rings. The predicted molar refractivity (Wildman–Crippen MR) is 125 cm³/mol. The summed E-state index contributed by atoms with van der Waals surface area (Å²) in [6, 6.07) is 8.44. The van der Waals surface area contributed by atoms with E-state index in [-0.39, 0.29) is 5.79 Å². The second-order valence-corrected chi connectivity index (χ2v) is 10.0. The number of ether oxygens (including phenoxy) is 2. The Bertz CT molecular complexity index is 1140. The molecule has 32 heavy (non-hydrogen) atoms. The molecule has 0 bridgehead atoms. The fraction of sp³-hybridized carbons (Fsp3) is 0.500. The molecule has 1 saturated heterocycles. The first-order chi connectivity index (χ1) is 15.6. The number of halogens is 2. The van der Waals surface area contributed by atoms with E-state index in [1.807, 2.05) is 28.8 Å². The van der Waals surface area contributed by atoms with E-state index < -0.39 is 0 Å². The summed E-state index contributed by atoms with van der Waals surface area (Å²) in [5, 5.41) is 13.6. The molecule has 0 amide bonds. The second-order valence-electron chi connectivity index (χ2n) is 9.22. The minimum Gasteiger partial charge on any atom is -0.381 e. The van der Waals surface area contributed by atoms with Gasteiger partial charge in [-0.05, 0) is 55.4 Å². The van der Waals surface area contributed by atoms with Gasteiger partial charge < -0.3 is 14.8 Å². The molecule has 168 valence electrons. The summed E-state index contributed by atoms with van der Waals surface area (Å²) in [6.45, 7) is 1.41. The molecule has 0 unspecified atom stereocenters. The number of aromatic nitrogens is 3. The maximum Gasteiger partial charge on any atom is 0.180 e. The Morgan fingerprint density at radius 2 is 1.81 bits per heavy atom. The predicted octanol–water partition coefficient (Wildman–Crippen LogP) is 5.75. The third kappa shape index (κ3) is 3.87. The lowest BCUT2D eigenvalue weighted by Crippen LogP contribution is -2.39. The van der Waals surface area contributed by atoms with Crippen LogP contribution < -0.4 is 5.32 Å². The zero-order valence-corrected chi connectivity index (χ0v) is 19.3. The number of pyridine rings is 1. The average molecular weight is 473 g/mol. The van der Waals surface area contributed by atoms with E-state index in [0.717, 1.165) is 60.7 Å². The third-order valence-corrected chi connectivity index (χ3v) is 7.64. The maximum absolute atomic E-state index is 6.74. The van der Waals surface area contributed by atoms with Crippen LogP contribution in [-0.4, -0.2) is 39.6 Å². The smallest absolute Gasteiger partial charge is 0.180 e. The molecule has 2 aliphatic carbocycles. The van der Waals surface area contributed by atoms with Crippen molar-refractivity contribution in [1.29, 1.82) is 0 Å². The first kappa shape index (κ1) is 20.7. The molecule has 2 aromatic heterocycles. The highest BCUT2D eigenvalue weighted by Gasteiger charge is 2.40. The lowest BCUT2D eigenvalue weighted by molar-refractivity contribution is -0.177. The molecular weight excluding hydrogens is 447 g/mol. The van der Waals surface area contributed by atoms with Crippen LogP contribution in [0.1, 0.15) is 44.3 Å². The lowest BCUT2D eigenvalue weighted by atomic mass is 9.90. The minimum atomic E-state index is -0.346. The van der Waals surface area contributed by atoms with Crippen LogP contribution in [0.25, 0.3) is 16.8 Å². The molecule has 3 heterocycles. The Morgan fingerprint density at radius 3 is 2.53 bits per heavy atom. The van der Waals surface area contributed by atoms with Gasteiger partial charge in [0, 0.05) is 37.1 Å². The zero-order valence-electron chi connectivity index (χ0n) is 17.8. The van der Waals surface area contributed by atoms with Crippen molar-refractivity contribution >= 4 is 34.5 Å². The van der Waals surface area contributed by atoms with Gasteiger partial charge in [-0.3, -0.25) is 4.40 Å². The van der Waals surface area contributed by atoms with Crippen LogP contribution in [0, 0.1) is 5.92 Å². The Morgan fingerprint density at radius 1 is 1.03 bits per heavy atom. The zero-order chi connectivity index (χ0) is 21.7. The van der Waals surface area contributed by atoms with Crippen LogP contribution in [0.3, 0.4) is 0 Å². The number of nitrogens with zero attached hydrogens (tertiary/aromatic N) is 3. The van der Waals surface area contributed by atoms with Crippen molar-refractivity contribution in [3.05, 3.63) is 46.3 Å². The van der Waals surface area contributed by atoms with Gasteiger partial charge in [0.25, 0.3) is 0 Å². The van der Waals surface area contributed by atoms with Crippen LogP contribution in [0.2, 0.25) is 10.0 Å². The molecule has 1 spiro atoms. The minimum absolute atomic E-state index is 0.346. The second kappa shape index (κ2) is 8.17. The van der Waals surface area contributed by atoms with Gasteiger partial charge in [-0.25, -0.2) is 0 Å². The van der Waals surface area contributed by atoms with E-state index in [1.54, 1.807) is 0 Å². The van der Waals surface area contributed by atoms with Gasteiger partial charge in [-0.2, -0.15) is 0 Å². The fourth-order valence-electron chi connectivity index (χ4n) is 4.92. The van der Waals surface area contributed by atoms with Crippen LogP contribution in [-0.2, 0) is 15.9 Å². The standard InChI is InChI=1S/C24H26Cl2N4O2/c25-19-14-16(3-4-20(19)27-17-5-8-24(9-6-17)31-11-12-32-24)18-7-10-30-21(13-15-1-2-15)28-29-23(30)22(18)26/h3-4,7,10,14-15,17,27H,1-2,5-6,8-9,11-13H2. The van der Waals surface area contributed by atoms with Crippen molar-refractivity contribution in [3.63, 3.8) is 0 Å². The van der Waals surface area contributed by atoms with Gasteiger partial charge in [-0.1, -0.05) is 29.3 Å². The molecule has 1 N–H and O–H groups in total. The summed E-state index contributed by atoms with van der Waals surface area (Å²) in [7, 11) is 0. The highest BCUT2D eigenvalue weighted by atomic mass is 35.5. The molecule has 1 aromatic carbocycles. The summed E-state index contributed by atoms with van der Waals surface area (Å²) in [5.74, 6) is 1.38. The van der Waals surface area contributed by atoms with E-state index in [1.165, 1.54) is 12.8 Å².